The Morgan fingerprint density at radius 2 is 1.75 bits per heavy atom. The molecule has 6 heteroatoms. The van der Waals surface area contributed by atoms with Gasteiger partial charge in [0.05, 0.1) is 0 Å². The molecule has 0 nitrogen and oxygen atoms in total. The van der Waals surface area contributed by atoms with E-state index in [2.05, 4.69) is 28.1 Å². The van der Waals surface area contributed by atoms with Gasteiger partial charge >= 0.3 is 4.83 Å². The maximum absolute atomic E-state index is 13.0. The van der Waals surface area contributed by atoms with Crippen molar-refractivity contribution < 1.29 is 13.2 Å². The highest BCUT2D eigenvalue weighted by molar-refractivity contribution is 9.12. The summed E-state index contributed by atoms with van der Waals surface area (Å²) in [4.78, 5) is -3.54. The first-order valence-electron chi connectivity index (χ1n) is 3.19. The van der Waals surface area contributed by atoms with Crippen molar-refractivity contribution in [2.75, 3.05) is 0 Å². The standard InChI is InChI=1S/C6H7Br2F3S/c7-5(9,6(8,10)11)3-1-2-4-12/h4H,1-3H2. The fourth-order valence-electron chi connectivity index (χ4n) is 0.549. The van der Waals surface area contributed by atoms with Crippen molar-refractivity contribution in [3.05, 3.63) is 0 Å². The van der Waals surface area contributed by atoms with E-state index in [1.165, 1.54) is 5.37 Å². The minimum atomic E-state index is -3.54. The maximum Gasteiger partial charge on any atom is 0.344 e. The lowest BCUT2D eigenvalue weighted by Crippen LogP contribution is -2.32. The SMILES string of the molecule is FC(F)(Br)C(F)(Br)CCCC=S. The molecule has 0 radical (unpaired) electrons. The quantitative estimate of drug-likeness (QED) is 0.414. The Morgan fingerprint density at radius 1 is 1.25 bits per heavy atom. The Bertz CT molecular complexity index is 155. The molecular formula is C6H7Br2F3S. The molecule has 12 heavy (non-hydrogen) atoms. The van der Waals surface area contributed by atoms with Crippen LogP contribution in [0.15, 0.2) is 0 Å². The Morgan fingerprint density at radius 3 is 2.08 bits per heavy atom. The molecule has 0 aromatic carbocycles. The van der Waals surface area contributed by atoms with Crippen molar-refractivity contribution in [2.24, 2.45) is 0 Å². The van der Waals surface area contributed by atoms with Crippen molar-refractivity contribution >= 4 is 49.4 Å². The Labute approximate surface area is 91.2 Å². The van der Waals surface area contributed by atoms with Crippen molar-refractivity contribution in [3.8, 4) is 0 Å². The molecule has 0 saturated carbocycles. The molecule has 0 aliphatic carbocycles. The van der Waals surface area contributed by atoms with Gasteiger partial charge in [-0.3, -0.25) is 0 Å². The Kier molecular flexibility index (Phi) is 5.25. The van der Waals surface area contributed by atoms with Crippen LogP contribution < -0.4 is 0 Å². The van der Waals surface area contributed by atoms with E-state index in [-0.39, 0.29) is 6.42 Å². The number of thiocarbonyl (C=S) groups is 1. The number of alkyl halides is 5. The molecule has 0 aliphatic heterocycles. The molecular weight excluding hydrogens is 321 g/mol. The highest BCUT2D eigenvalue weighted by Gasteiger charge is 2.50. The molecule has 0 saturated heterocycles. The van der Waals surface area contributed by atoms with Gasteiger partial charge in [-0.1, -0.05) is 12.2 Å². The average molecular weight is 328 g/mol. The second kappa shape index (κ2) is 4.91. The van der Waals surface area contributed by atoms with E-state index in [0.717, 1.165) is 0 Å². The van der Waals surface area contributed by atoms with Crippen LogP contribution in [0.25, 0.3) is 0 Å². The van der Waals surface area contributed by atoms with Crippen molar-refractivity contribution in [2.45, 2.75) is 28.7 Å². The largest absolute Gasteiger partial charge is 0.344 e. The zero-order valence-electron chi connectivity index (χ0n) is 6.00. The lowest BCUT2D eigenvalue weighted by molar-refractivity contribution is -0.000216. The topological polar surface area (TPSA) is 0 Å². The third-order valence-electron chi connectivity index (χ3n) is 1.23. The van der Waals surface area contributed by atoms with Crippen LogP contribution in [0.5, 0.6) is 0 Å². The number of hydrogen-bond donors (Lipinski definition) is 0. The molecule has 0 N–H and O–H groups in total. The zero-order valence-corrected chi connectivity index (χ0v) is 9.99. The smallest absolute Gasteiger partial charge is 0.224 e. The van der Waals surface area contributed by atoms with Gasteiger partial charge in [0.2, 0.25) is 4.58 Å². The van der Waals surface area contributed by atoms with Crippen LogP contribution >= 0.6 is 44.1 Å². The summed E-state index contributed by atoms with van der Waals surface area (Å²) in [5.74, 6) is 0. The minimum absolute atomic E-state index is 0.279. The molecule has 0 amide bonds. The van der Waals surface area contributed by atoms with Gasteiger partial charge in [-0.2, -0.15) is 8.78 Å². The number of unbranched alkanes of at least 4 members (excludes halogenated alkanes) is 1. The highest BCUT2D eigenvalue weighted by Crippen LogP contribution is 2.45. The summed E-state index contributed by atoms with van der Waals surface area (Å²) in [5, 5.41) is 1.40. The molecule has 72 valence electrons. The van der Waals surface area contributed by atoms with Gasteiger partial charge < -0.3 is 0 Å². The van der Waals surface area contributed by atoms with Crippen LogP contribution in [0.1, 0.15) is 19.3 Å². The van der Waals surface area contributed by atoms with Gasteiger partial charge in [0, 0.05) is 0 Å². The monoisotopic (exact) mass is 326 g/mol. The summed E-state index contributed by atoms with van der Waals surface area (Å²) in [6.45, 7) is 0. The maximum atomic E-state index is 13.0. The normalized spacial score (nSPS) is 17.1. The second-order valence-corrected chi connectivity index (χ2v) is 4.85. The third-order valence-corrected chi connectivity index (χ3v) is 3.52. The van der Waals surface area contributed by atoms with E-state index >= 15 is 0 Å². The molecule has 0 aliphatic rings. The minimum Gasteiger partial charge on any atom is -0.224 e. The van der Waals surface area contributed by atoms with Crippen LogP contribution in [-0.4, -0.2) is 14.8 Å². The molecule has 0 heterocycles. The molecule has 0 spiro atoms. The van der Waals surface area contributed by atoms with Crippen molar-refractivity contribution in [1.82, 2.24) is 0 Å². The number of halogens is 5. The predicted molar refractivity (Wildman–Crippen MR) is 54.1 cm³/mol. The fourth-order valence-corrected chi connectivity index (χ4v) is 1.19. The van der Waals surface area contributed by atoms with Gasteiger partial charge in [-0.25, -0.2) is 4.39 Å². The van der Waals surface area contributed by atoms with Crippen molar-refractivity contribution in [1.29, 1.82) is 0 Å². The first-order chi connectivity index (χ1) is 5.31. The van der Waals surface area contributed by atoms with Gasteiger partial charge in [-0.15, -0.1) is 0 Å². The first-order valence-corrected chi connectivity index (χ1v) is 5.25. The fraction of sp³-hybridized carbons (Fsp3) is 0.833. The van der Waals surface area contributed by atoms with Gasteiger partial charge in [0.15, 0.2) is 0 Å². The van der Waals surface area contributed by atoms with Crippen LogP contribution in [0.3, 0.4) is 0 Å². The predicted octanol–water partition coefficient (Wildman–Crippen LogP) is 4.20. The lowest BCUT2D eigenvalue weighted by atomic mass is 10.2. The molecule has 0 fully saturated rings. The lowest BCUT2D eigenvalue weighted by Gasteiger charge is -2.22. The number of rotatable bonds is 5. The molecule has 1 atom stereocenters. The third kappa shape index (κ3) is 4.18. The zero-order chi connectivity index (χ0) is 9.83. The summed E-state index contributed by atoms with van der Waals surface area (Å²) in [6.07, 6.45) is 0.473. The summed E-state index contributed by atoms with van der Waals surface area (Å²) < 4.78 is 35.1. The first kappa shape index (κ1) is 12.8. The van der Waals surface area contributed by atoms with Crippen LogP contribution in [0, 0.1) is 0 Å². The molecule has 0 aromatic rings. The van der Waals surface area contributed by atoms with Gasteiger partial charge in [0.1, 0.15) is 0 Å². The van der Waals surface area contributed by atoms with E-state index in [1.54, 1.807) is 0 Å². The van der Waals surface area contributed by atoms with Crippen LogP contribution in [-0.2, 0) is 0 Å². The molecule has 0 aromatic heterocycles. The van der Waals surface area contributed by atoms with Gasteiger partial charge in [-0.05, 0) is 56.5 Å². The highest BCUT2D eigenvalue weighted by atomic mass is 79.9. The van der Waals surface area contributed by atoms with E-state index in [1.807, 2.05) is 15.9 Å². The van der Waals surface area contributed by atoms with Gasteiger partial charge in [0.25, 0.3) is 0 Å². The Balaban J connectivity index is 3.95. The van der Waals surface area contributed by atoms with E-state index in [0.29, 0.717) is 12.8 Å². The molecule has 1 unspecified atom stereocenters. The number of hydrogen-bond acceptors (Lipinski definition) is 1. The average Bonchev–Trinajstić information content (AvgIpc) is 1.85. The van der Waals surface area contributed by atoms with Crippen LogP contribution in [0.4, 0.5) is 13.2 Å². The summed E-state index contributed by atoms with van der Waals surface area (Å²) in [5.41, 5.74) is 0. The van der Waals surface area contributed by atoms with Crippen molar-refractivity contribution in [3.63, 3.8) is 0 Å². The second-order valence-electron chi connectivity index (χ2n) is 2.26. The summed E-state index contributed by atoms with van der Waals surface area (Å²) >= 11 is 8.75. The van der Waals surface area contributed by atoms with E-state index in [4.69, 9.17) is 0 Å². The van der Waals surface area contributed by atoms with Crippen LogP contribution in [0.2, 0.25) is 0 Å². The Hall–Kier alpha value is 0.840. The molecule has 0 rings (SSSR count). The summed E-state index contributed by atoms with van der Waals surface area (Å²) in [6, 6.07) is 0. The van der Waals surface area contributed by atoms with E-state index < -0.39 is 9.41 Å². The molecule has 0 bridgehead atoms. The van der Waals surface area contributed by atoms with E-state index in [9.17, 15) is 13.2 Å². The summed E-state index contributed by atoms with van der Waals surface area (Å²) in [7, 11) is 0.